The molecule has 3 aromatic rings. The Morgan fingerprint density at radius 1 is 1.26 bits per heavy atom. The number of aromatic nitrogens is 3. The molecular formula is C13H12N4OS. The van der Waals surface area contributed by atoms with Gasteiger partial charge in [0.2, 0.25) is 12.3 Å². The van der Waals surface area contributed by atoms with Crippen molar-refractivity contribution < 1.29 is 4.42 Å². The molecule has 19 heavy (non-hydrogen) atoms. The highest BCUT2D eigenvalue weighted by atomic mass is 32.1. The van der Waals surface area contributed by atoms with E-state index in [1.165, 1.54) is 6.39 Å². The van der Waals surface area contributed by atoms with Gasteiger partial charge in [-0.1, -0.05) is 0 Å². The summed E-state index contributed by atoms with van der Waals surface area (Å²) in [4.78, 5) is 4.29. The topological polar surface area (TPSA) is 63.8 Å². The van der Waals surface area contributed by atoms with Crippen LogP contribution in [0.25, 0.3) is 11.5 Å². The summed E-state index contributed by atoms with van der Waals surface area (Å²) in [6.07, 6.45) is 3.14. The number of thiazole rings is 1. The Morgan fingerprint density at radius 3 is 2.74 bits per heavy atom. The van der Waals surface area contributed by atoms with Crippen LogP contribution < -0.4 is 5.32 Å². The minimum Gasteiger partial charge on any atom is -0.423 e. The maximum Gasteiger partial charge on any atom is 0.247 e. The Morgan fingerprint density at radius 2 is 2.11 bits per heavy atom. The normalized spacial score (nSPS) is 12.3. The van der Waals surface area contributed by atoms with E-state index in [2.05, 4.69) is 27.4 Å². The van der Waals surface area contributed by atoms with Crippen molar-refractivity contribution in [1.82, 2.24) is 15.2 Å². The van der Waals surface area contributed by atoms with Crippen molar-refractivity contribution in [1.29, 1.82) is 0 Å². The number of rotatable bonds is 4. The SMILES string of the molecule is CC(Nc1ccc(-c2nnco2)cc1)c1nccs1. The van der Waals surface area contributed by atoms with Gasteiger partial charge in [0.25, 0.3) is 0 Å². The molecule has 6 heteroatoms. The fourth-order valence-electron chi connectivity index (χ4n) is 1.77. The first-order chi connectivity index (χ1) is 9.33. The summed E-state index contributed by atoms with van der Waals surface area (Å²) in [7, 11) is 0. The molecule has 0 spiro atoms. The number of benzene rings is 1. The van der Waals surface area contributed by atoms with E-state index in [1.54, 1.807) is 11.3 Å². The van der Waals surface area contributed by atoms with Crippen LogP contribution in [-0.2, 0) is 0 Å². The van der Waals surface area contributed by atoms with Crippen LogP contribution >= 0.6 is 11.3 Å². The van der Waals surface area contributed by atoms with E-state index in [9.17, 15) is 0 Å². The van der Waals surface area contributed by atoms with Crippen LogP contribution in [0.2, 0.25) is 0 Å². The molecule has 0 aliphatic rings. The molecule has 2 aromatic heterocycles. The Kier molecular flexibility index (Phi) is 3.24. The molecule has 1 unspecified atom stereocenters. The van der Waals surface area contributed by atoms with Crippen molar-refractivity contribution in [3.8, 4) is 11.5 Å². The van der Waals surface area contributed by atoms with Crippen molar-refractivity contribution in [2.45, 2.75) is 13.0 Å². The van der Waals surface area contributed by atoms with Gasteiger partial charge in [-0.25, -0.2) is 4.98 Å². The van der Waals surface area contributed by atoms with Crippen molar-refractivity contribution in [2.75, 3.05) is 5.32 Å². The molecular weight excluding hydrogens is 260 g/mol. The van der Waals surface area contributed by atoms with Crippen LogP contribution in [-0.4, -0.2) is 15.2 Å². The first-order valence-electron chi connectivity index (χ1n) is 5.85. The van der Waals surface area contributed by atoms with Crippen LogP contribution in [0.5, 0.6) is 0 Å². The molecule has 1 N–H and O–H groups in total. The standard InChI is InChI=1S/C13H12N4OS/c1-9(13-14-6-7-19-13)16-11-4-2-10(3-5-11)12-17-15-8-18-12/h2-9,16H,1H3. The molecule has 0 bridgehead atoms. The molecule has 0 fully saturated rings. The molecule has 0 aliphatic heterocycles. The summed E-state index contributed by atoms with van der Waals surface area (Å²) >= 11 is 1.64. The molecule has 1 atom stereocenters. The number of nitrogens with one attached hydrogen (secondary N) is 1. The third-order valence-corrected chi connectivity index (χ3v) is 3.66. The number of hydrogen-bond acceptors (Lipinski definition) is 6. The van der Waals surface area contributed by atoms with Gasteiger partial charge in [0.15, 0.2) is 0 Å². The summed E-state index contributed by atoms with van der Waals surface area (Å²) in [6, 6.07) is 8.07. The van der Waals surface area contributed by atoms with Crippen LogP contribution in [0.1, 0.15) is 18.0 Å². The Bertz CT molecular complexity index is 619. The van der Waals surface area contributed by atoms with Crippen LogP contribution in [0.4, 0.5) is 5.69 Å². The fraction of sp³-hybridized carbons (Fsp3) is 0.154. The molecule has 0 radical (unpaired) electrons. The van der Waals surface area contributed by atoms with Gasteiger partial charge in [0.05, 0.1) is 6.04 Å². The van der Waals surface area contributed by atoms with Crippen LogP contribution in [0.15, 0.2) is 46.7 Å². The highest BCUT2D eigenvalue weighted by Gasteiger charge is 2.08. The molecule has 2 heterocycles. The zero-order valence-electron chi connectivity index (χ0n) is 10.3. The zero-order valence-corrected chi connectivity index (χ0v) is 11.1. The lowest BCUT2D eigenvalue weighted by atomic mass is 10.2. The third kappa shape index (κ3) is 2.63. The van der Waals surface area contributed by atoms with Gasteiger partial charge >= 0.3 is 0 Å². The first kappa shape index (κ1) is 11.9. The monoisotopic (exact) mass is 272 g/mol. The maximum atomic E-state index is 5.15. The number of hydrogen-bond donors (Lipinski definition) is 1. The smallest absolute Gasteiger partial charge is 0.247 e. The lowest BCUT2D eigenvalue weighted by Gasteiger charge is -2.12. The van der Waals surface area contributed by atoms with E-state index in [0.717, 1.165) is 16.3 Å². The molecule has 0 saturated carbocycles. The number of anilines is 1. The highest BCUT2D eigenvalue weighted by Crippen LogP contribution is 2.23. The van der Waals surface area contributed by atoms with Gasteiger partial charge in [0.1, 0.15) is 5.01 Å². The van der Waals surface area contributed by atoms with Gasteiger partial charge in [-0.05, 0) is 31.2 Å². The largest absolute Gasteiger partial charge is 0.423 e. The summed E-state index contributed by atoms with van der Waals surface area (Å²) in [5, 5.41) is 14.0. The van der Waals surface area contributed by atoms with Gasteiger partial charge < -0.3 is 9.73 Å². The van der Waals surface area contributed by atoms with Crippen molar-refractivity contribution >= 4 is 17.0 Å². The van der Waals surface area contributed by atoms with E-state index in [0.29, 0.717) is 5.89 Å². The summed E-state index contributed by atoms with van der Waals surface area (Å²) in [5.41, 5.74) is 1.94. The molecule has 96 valence electrons. The minimum absolute atomic E-state index is 0.189. The Labute approximate surface area is 114 Å². The fourth-order valence-corrected chi connectivity index (χ4v) is 2.41. The number of nitrogens with zero attached hydrogens (tertiary/aromatic N) is 3. The summed E-state index contributed by atoms with van der Waals surface area (Å²) < 4.78 is 5.15. The molecule has 0 amide bonds. The average molecular weight is 272 g/mol. The first-order valence-corrected chi connectivity index (χ1v) is 6.73. The Hall–Kier alpha value is -2.21. The quantitative estimate of drug-likeness (QED) is 0.789. The van der Waals surface area contributed by atoms with Crippen LogP contribution in [0, 0.1) is 0 Å². The molecule has 5 nitrogen and oxygen atoms in total. The van der Waals surface area contributed by atoms with Gasteiger partial charge in [0, 0.05) is 22.8 Å². The lowest BCUT2D eigenvalue weighted by molar-refractivity contribution is 0.568. The maximum absolute atomic E-state index is 5.15. The van der Waals surface area contributed by atoms with E-state index >= 15 is 0 Å². The summed E-state index contributed by atoms with van der Waals surface area (Å²) in [6.45, 7) is 2.09. The van der Waals surface area contributed by atoms with Crippen molar-refractivity contribution in [3.05, 3.63) is 47.2 Å². The Balaban J connectivity index is 1.73. The highest BCUT2D eigenvalue weighted by molar-refractivity contribution is 7.09. The van der Waals surface area contributed by atoms with E-state index < -0.39 is 0 Å². The van der Waals surface area contributed by atoms with Gasteiger partial charge in [-0.2, -0.15) is 0 Å². The van der Waals surface area contributed by atoms with Crippen molar-refractivity contribution in [2.24, 2.45) is 0 Å². The van der Waals surface area contributed by atoms with Gasteiger partial charge in [-0.15, -0.1) is 21.5 Å². The second-order valence-electron chi connectivity index (χ2n) is 4.06. The second-order valence-corrected chi connectivity index (χ2v) is 4.98. The predicted octanol–water partition coefficient (Wildman–Crippen LogP) is 3.37. The van der Waals surface area contributed by atoms with Crippen LogP contribution in [0.3, 0.4) is 0 Å². The van der Waals surface area contributed by atoms with Crippen molar-refractivity contribution in [3.63, 3.8) is 0 Å². The second kappa shape index (κ2) is 5.19. The predicted molar refractivity (Wildman–Crippen MR) is 73.9 cm³/mol. The lowest BCUT2D eigenvalue weighted by Crippen LogP contribution is -2.05. The molecule has 0 aliphatic carbocycles. The summed E-state index contributed by atoms with van der Waals surface area (Å²) in [5.74, 6) is 0.527. The van der Waals surface area contributed by atoms with E-state index in [1.807, 2.05) is 35.8 Å². The third-order valence-electron chi connectivity index (χ3n) is 2.70. The van der Waals surface area contributed by atoms with E-state index in [-0.39, 0.29) is 6.04 Å². The zero-order chi connectivity index (χ0) is 13.1. The molecule has 3 rings (SSSR count). The molecule has 0 saturated heterocycles. The minimum atomic E-state index is 0.189. The van der Waals surface area contributed by atoms with E-state index in [4.69, 9.17) is 4.42 Å². The average Bonchev–Trinajstić information content (AvgIpc) is 3.13. The van der Waals surface area contributed by atoms with Gasteiger partial charge in [-0.3, -0.25) is 0 Å². The molecule has 1 aromatic carbocycles.